The number of ether oxygens (including phenoxy) is 2. The summed E-state index contributed by atoms with van der Waals surface area (Å²) in [5.41, 5.74) is 1.69. The van der Waals surface area contributed by atoms with Gasteiger partial charge < -0.3 is 14.8 Å². The number of nitrogens with zero attached hydrogens (tertiary/aromatic N) is 1. The molecule has 1 unspecified atom stereocenters. The highest BCUT2D eigenvalue weighted by Gasteiger charge is 2.17. The maximum Gasteiger partial charge on any atom is 0.251 e. The maximum atomic E-state index is 12.2. The summed E-state index contributed by atoms with van der Waals surface area (Å²) in [7, 11) is 1.65. The molecule has 21 heavy (non-hydrogen) atoms. The third-order valence-electron chi connectivity index (χ3n) is 3.73. The van der Waals surface area contributed by atoms with Gasteiger partial charge in [-0.3, -0.25) is 9.69 Å². The molecule has 0 saturated carbocycles. The molecule has 0 radical (unpaired) electrons. The van der Waals surface area contributed by atoms with Crippen LogP contribution in [-0.4, -0.2) is 56.8 Å². The summed E-state index contributed by atoms with van der Waals surface area (Å²) in [6, 6.07) is 7.86. The van der Waals surface area contributed by atoms with Crippen LogP contribution in [0.2, 0.25) is 0 Å². The van der Waals surface area contributed by atoms with Crippen molar-refractivity contribution in [3.05, 3.63) is 35.4 Å². The molecule has 1 aliphatic rings. The average Bonchev–Trinajstić information content (AvgIpc) is 2.53. The number of hydrogen-bond acceptors (Lipinski definition) is 4. The highest BCUT2D eigenvalue weighted by molar-refractivity contribution is 5.94. The minimum Gasteiger partial charge on any atom is -0.380 e. The number of carbonyl (C=O) groups excluding carboxylic acids is 1. The Hall–Kier alpha value is -1.43. The minimum atomic E-state index is -0.0342. The van der Waals surface area contributed by atoms with Gasteiger partial charge in [-0.25, -0.2) is 0 Å². The zero-order valence-corrected chi connectivity index (χ0v) is 12.8. The van der Waals surface area contributed by atoms with E-state index in [0.717, 1.165) is 31.9 Å². The fourth-order valence-electron chi connectivity index (χ4n) is 2.46. The molecule has 0 bridgehead atoms. The maximum absolute atomic E-state index is 12.2. The Bertz CT molecular complexity index is 459. The summed E-state index contributed by atoms with van der Waals surface area (Å²) in [5, 5.41) is 3.00. The van der Waals surface area contributed by atoms with E-state index in [0.29, 0.717) is 24.8 Å². The number of nitrogens with one attached hydrogen (secondary N) is 1. The molecule has 0 aromatic heterocycles. The van der Waals surface area contributed by atoms with E-state index in [-0.39, 0.29) is 5.91 Å². The van der Waals surface area contributed by atoms with Gasteiger partial charge in [-0.05, 0) is 24.6 Å². The third kappa shape index (κ3) is 4.81. The summed E-state index contributed by atoms with van der Waals surface area (Å²) in [5.74, 6) is -0.0342. The van der Waals surface area contributed by atoms with Crippen molar-refractivity contribution >= 4 is 5.91 Å². The van der Waals surface area contributed by atoms with Gasteiger partial charge in [0.15, 0.2) is 0 Å². The second kappa shape index (κ2) is 8.12. The van der Waals surface area contributed by atoms with Crippen molar-refractivity contribution in [1.82, 2.24) is 10.2 Å². The van der Waals surface area contributed by atoms with Gasteiger partial charge in [0.2, 0.25) is 0 Å². The topological polar surface area (TPSA) is 50.8 Å². The quantitative estimate of drug-likeness (QED) is 0.858. The van der Waals surface area contributed by atoms with Gasteiger partial charge in [-0.1, -0.05) is 12.1 Å². The van der Waals surface area contributed by atoms with Gasteiger partial charge in [0, 0.05) is 38.3 Å². The number of amides is 1. The fraction of sp³-hybridized carbons (Fsp3) is 0.562. The smallest absolute Gasteiger partial charge is 0.251 e. The van der Waals surface area contributed by atoms with Crippen LogP contribution in [0.25, 0.3) is 0 Å². The Labute approximate surface area is 126 Å². The molecular weight excluding hydrogens is 268 g/mol. The van der Waals surface area contributed by atoms with Crippen molar-refractivity contribution < 1.29 is 14.3 Å². The van der Waals surface area contributed by atoms with Crippen LogP contribution in [0.4, 0.5) is 0 Å². The van der Waals surface area contributed by atoms with Crippen molar-refractivity contribution in [2.45, 2.75) is 19.6 Å². The first-order chi connectivity index (χ1) is 10.2. The van der Waals surface area contributed by atoms with Crippen molar-refractivity contribution in [2.75, 3.05) is 40.0 Å². The van der Waals surface area contributed by atoms with Crippen LogP contribution in [0.5, 0.6) is 0 Å². The van der Waals surface area contributed by atoms with E-state index in [1.54, 1.807) is 7.11 Å². The van der Waals surface area contributed by atoms with Crippen LogP contribution in [-0.2, 0) is 16.1 Å². The number of rotatable bonds is 6. The Morgan fingerprint density at radius 3 is 2.90 bits per heavy atom. The van der Waals surface area contributed by atoms with Crippen molar-refractivity contribution in [2.24, 2.45) is 0 Å². The molecule has 0 spiro atoms. The zero-order valence-electron chi connectivity index (χ0n) is 12.8. The normalized spacial score (nSPS) is 17.4. The largest absolute Gasteiger partial charge is 0.380 e. The molecule has 5 nitrogen and oxygen atoms in total. The van der Waals surface area contributed by atoms with Gasteiger partial charge in [0.05, 0.1) is 19.8 Å². The van der Waals surface area contributed by atoms with E-state index >= 15 is 0 Å². The van der Waals surface area contributed by atoms with E-state index in [4.69, 9.17) is 9.47 Å². The summed E-state index contributed by atoms with van der Waals surface area (Å²) in [4.78, 5) is 14.5. The second-order valence-electron chi connectivity index (χ2n) is 5.34. The number of benzene rings is 1. The number of carbonyl (C=O) groups is 1. The second-order valence-corrected chi connectivity index (χ2v) is 5.34. The summed E-state index contributed by atoms with van der Waals surface area (Å²) in [6.07, 6.45) is 0. The molecule has 1 saturated heterocycles. The molecular formula is C16H24N2O3. The summed E-state index contributed by atoms with van der Waals surface area (Å²) >= 11 is 0. The SMILES string of the molecule is COCc1cccc(C(=O)NCC(C)N2CCOCC2)c1. The average molecular weight is 292 g/mol. The Morgan fingerprint density at radius 1 is 1.43 bits per heavy atom. The van der Waals surface area contributed by atoms with Crippen LogP contribution in [0, 0.1) is 0 Å². The van der Waals surface area contributed by atoms with E-state index in [9.17, 15) is 4.79 Å². The predicted octanol–water partition coefficient (Wildman–Crippen LogP) is 1.28. The molecule has 1 aromatic rings. The molecule has 116 valence electrons. The van der Waals surface area contributed by atoms with E-state index in [2.05, 4.69) is 17.1 Å². The number of morpholine rings is 1. The van der Waals surface area contributed by atoms with Crippen LogP contribution in [0.3, 0.4) is 0 Å². The highest BCUT2D eigenvalue weighted by atomic mass is 16.5. The summed E-state index contributed by atoms with van der Waals surface area (Å²) < 4.78 is 10.4. The first-order valence-electron chi connectivity index (χ1n) is 7.38. The van der Waals surface area contributed by atoms with Crippen molar-refractivity contribution in [3.8, 4) is 0 Å². The van der Waals surface area contributed by atoms with E-state index in [1.807, 2.05) is 24.3 Å². The summed E-state index contributed by atoms with van der Waals surface area (Å²) in [6.45, 7) is 6.71. The van der Waals surface area contributed by atoms with Crippen LogP contribution >= 0.6 is 0 Å². The van der Waals surface area contributed by atoms with E-state index < -0.39 is 0 Å². The van der Waals surface area contributed by atoms with Crippen LogP contribution in [0.1, 0.15) is 22.8 Å². The molecule has 1 amide bonds. The monoisotopic (exact) mass is 292 g/mol. The lowest BCUT2D eigenvalue weighted by Crippen LogP contribution is -2.47. The highest BCUT2D eigenvalue weighted by Crippen LogP contribution is 2.07. The lowest BCUT2D eigenvalue weighted by molar-refractivity contribution is 0.0204. The molecule has 1 aromatic carbocycles. The molecule has 1 atom stereocenters. The molecule has 0 aliphatic carbocycles. The van der Waals surface area contributed by atoms with Gasteiger partial charge in [0.1, 0.15) is 0 Å². The number of methoxy groups -OCH3 is 1. The third-order valence-corrected chi connectivity index (χ3v) is 3.73. The Balaban J connectivity index is 1.84. The predicted molar refractivity (Wildman–Crippen MR) is 81.3 cm³/mol. The lowest BCUT2D eigenvalue weighted by atomic mass is 10.1. The minimum absolute atomic E-state index is 0.0342. The van der Waals surface area contributed by atoms with Gasteiger partial charge in [0.25, 0.3) is 5.91 Å². The molecule has 1 N–H and O–H groups in total. The molecule has 2 rings (SSSR count). The van der Waals surface area contributed by atoms with Crippen molar-refractivity contribution in [3.63, 3.8) is 0 Å². The first-order valence-corrected chi connectivity index (χ1v) is 7.38. The first kappa shape index (κ1) is 15.9. The van der Waals surface area contributed by atoms with Gasteiger partial charge in [-0.15, -0.1) is 0 Å². The number of hydrogen-bond donors (Lipinski definition) is 1. The van der Waals surface area contributed by atoms with Crippen LogP contribution < -0.4 is 5.32 Å². The van der Waals surface area contributed by atoms with Gasteiger partial charge >= 0.3 is 0 Å². The lowest BCUT2D eigenvalue weighted by Gasteiger charge is -2.32. The van der Waals surface area contributed by atoms with Gasteiger partial charge in [-0.2, -0.15) is 0 Å². The molecule has 1 fully saturated rings. The zero-order chi connectivity index (χ0) is 15.1. The van der Waals surface area contributed by atoms with Crippen LogP contribution in [0.15, 0.2) is 24.3 Å². The van der Waals surface area contributed by atoms with E-state index in [1.165, 1.54) is 0 Å². The fourth-order valence-corrected chi connectivity index (χ4v) is 2.46. The molecule has 5 heteroatoms. The van der Waals surface area contributed by atoms with Crippen molar-refractivity contribution in [1.29, 1.82) is 0 Å². The Morgan fingerprint density at radius 2 is 2.19 bits per heavy atom. The standard InChI is InChI=1S/C16H24N2O3/c1-13(18-6-8-21-9-7-18)11-17-16(19)15-5-3-4-14(10-15)12-20-2/h3-5,10,13H,6-9,11-12H2,1-2H3,(H,17,19). The molecule has 1 aliphatic heterocycles. The molecule has 1 heterocycles. The Kier molecular flexibility index (Phi) is 6.17.